The van der Waals surface area contributed by atoms with Crippen molar-refractivity contribution >= 4 is 23.7 Å². The van der Waals surface area contributed by atoms with Gasteiger partial charge in [0.05, 0.1) is 17.2 Å². The molecule has 7 heteroatoms. The van der Waals surface area contributed by atoms with Crippen molar-refractivity contribution in [3.63, 3.8) is 0 Å². The molecular formula is C10H15ClN4OS. The quantitative estimate of drug-likeness (QED) is 0.908. The Kier molecular flexibility index (Phi) is 5.54. The molecule has 0 aliphatic rings. The smallest absolute Gasteiger partial charge is 0.223 e. The summed E-state index contributed by atoms with van der Waals surface area (Å²) in [7, 11) is 0. The number of rotatable bonds is 5. The molecule has 0 amide bonds. The summed E-state index contributed by atoms with van der Waals surface area (Å²) in [4.78, 5) is 8.44. The zero-order valence-corrected chi connectivity index (χ0v) is 11.3. The van der Waals surface area contributed by atoms with Gasteiger partial charge in [0.2, 0.25) is 5.89 Å². The van der Waals surface area contributed by atoms with Crippen LogP contribution in [0.25, 0.3) is 0 Å². The minimum absolute atomic E-state index is 0. The monoisotopic (exact) mass is 274 g/mol. The van der Waals surface area contributed by atoms with Gasteiger partial charge in [0.15, 0.2) is 5.82 Å². The molecule has 0 aliphatic carbocycles. The lowest BCUT2D eigenvalue weighted by molar-refractivity contribution is 0.374. The van der Waals surface area contributed by atoms with Gasteiger partial charge in [-0.3, -0.25) is 0 Å². The lowest BCUT2D eigenvalue weighted by Crippen LogP contribution is -2.21. The third-order valence-corrected chi connectivity index (χ3v) is 2.91. The highest BCUT2D eigenvalue weighted by molar-refractivity contribution is 7.07. The molecule has 1 unspecified atom stereocenters. The first-order valence-corrected chi connectivity index (χ1v) is 6.14. The maximum atomic E-state index is 4.97. The Morgan fingerprint density at radius 1 is 1.53 bits per heavy atom. The summed E-state index contributed by atoms with van der Waals surface area (Å²) in [5, 5.41) is 9.31. The molecule has 5 nitrogen and oxygen atoms in total. The van der Waals surface area contributed by atoms with E-state index >= 15 is 0 Å². The normalized spacial score (nSPS) is 12.1. The number of hydrogen-bond donors (Lipinski definition) is 1. The number of nitrogens with zero attached hydrogens (tertiary/aromatic N) is 3. The standard InChI is InChI=1S/C10H14N4OS.ClH/c1-3-9(10-13-7(2)15-14-10)11-4-8-5-16-6-12-8;/h5-6,9,11H,3-4H2,1-2H3;1H. The number of nitrogens with one attached hydrogen (secondary N) is 1. The average Bonchev–Trinajstić information content (AvgIpc) is 2.91. The van der Waals surface area contributed by atoms with Crippen molar-refractivity contribution in [2.75, 3.05) is 0 Å². The van der Waals surface area contributed by atoms with Crippen LogP contribution in [0.15, 0.2) is 15.4 Å². The van der Waals surface area contributed by atoms with Crippen LogP contribution in [0.5, 0.6) is 0 Å². The number of aryl methyl sites for hydroxylation is 1. The number of hydrogen-bond acceptors (Lipinski definition) is 6. The second-order valence-electron chi connectivity index (χ2n) is 3.49. The van der Waals surface area contributed by atoms with Crippen molar-refractivity contribution in [3.8, 4) is 0 Å². The van der Waals surface area contributed by atoms with Crippen LogP contribution in [0.2, 0.25) is 0 Å². The second-order valence-corrected chi connectivity index (χ2v) is 4.21. The molecule has 94 valence electrons. The van der Waals surface area contributed by atoms with Gasteiger partial charge in [-0.05, 0) is 6.42 Å². The van der Waals surface area contributed by atoms with E-state index in [9.17, 15) is 0 Å². The van der Waals surface area contributed by atoms with Gasteiger partial charge in [-0.15, -0.1) is 23.7 Å². The summed E-state index contributed by atoms with van der Waals surface area (Å²) >= 11 is 1.60. The third-order valence-electron chi connectivity index (χ3n) is 2.28. The van der Waals surface area contributed by atoms with Gasteiger partial charge in [0, 0.05) is 18.8 Å². The molecule has 2 aromatic heterocycles. The zero-order valence-electron chi connectivity index (χ0n) is 9.71. The molecule has 2 rings (SSSR count). The molecule has 0 spiro atoms. The van der Waals surface area contributed by atoms with Crippen LogP contribution in [-0.2, 0) is 6.54 Å². The Hall–Kier alpha value is -0.980. The number of aromatic nitrogens is 3. The van der Waals surface area contributed by atoms with Crippen LogP contribution in [0.4, 0.5) is 0 Å². The molecule has 0 saturated carbocycles. The van der Waals surface area contributed by atoms with E-state index < -0.39 is 0 Å². The summed E-state index contributed by atoms with van der Waals surface area (Å²) < 4.78 is 4.97. The van der Waals surface area contributed by atoms with Crippen molar-refractivity contribution < 1.29 is 4.52 Å². The molecule has 17 heavy (non-hydrogen) atoms. The molecule has 0 fully saturated rings. The third kappa shape index (κ3) is 3.76. The molecular weight excluding hydrogens is 260 g/mol. The average molecular weight is 275 g/mol. The van der Waals surface area contributed by atoms with E-state index in [1.165, 1.54) is 0 Å². The number of halogens is 1. The minimum atomic E-state index is 0. The Balaban J connectivity index is 0.00000144. The van der Waals surface area contributed by atoms with Crippen molar-refractivity contribution in [1.29, 1.82) is 0 Å². The van der Waals surface area contributed by atoms with E-state index in [-0.39, 0.29) is 18.4 Å². The van der Waals surface area contributed by atoms with E-state index in [1.54, 1.807) is 18.3 Å². The fraction of sp³-hybridized carbons (Fsp3) is 0.500. The Morgan fingerprint density at radius 2 is 2.35 bits per heavy atom. The summed E-state index contributed by atoms with van der Waals surface area (Å²) in [6, 6.07) is 0.124. The minimum Gasteiger partial charge on any atom is -0.340 e. The summed E-state index contributed by atoms with van der Waals surface area (Å²) in [6.07, 6.45) is 0.920. The van der Waals surface area contributed by atoms with Crippen LogP contribution >= 0.6 is 23.7 Å². The predicted octanol–water partition coefficient (Wildman–Crippen LogP) is 2.50. The number of thiazole rings is 1. The van der Waals surface area contributed by atoms with Crippen LogP contribution in [0, 0.1) is 6.92 Å². The van der Waals surface area contributed by atoms with Crippen LogP contribution in [-0.4, -0.2) is 15.1 Å². The van der Waals surface area contributed by atoms with Crippen LogP contribution < -0.4 is 5.32 Å². The first-order valence-electron chi connectivity index (χ1n) is 5.20. The highest BCUT2D eigenvalue weighted by Crippen LogP contribution is 2.13. The molecule has 2 heterocycles. The van der Waals surface area contributed by atoms with Gasteiger partial charge in [-0.2, -0.15) is 4.98 Å². The van der Waals surface area contributed by atoms with Gasteiger partial charge in [-0.1, -0.05) is 12.1 Å². The van der Waals surface area contributed by atoms with Crippen LogP contribution in [0.1, 0.15) is 36.8 Å². The first kappa shape index (κ1) is 14.1. The second kappa shape index (κ2) is 6.68. The fourth-order valence-corrected chi connectivity index (χ4v) is 1.99. The van der Waals surface area contributed by atoms with Crippen molar-refractivity contribution in [1.82, 2.24) is 20.4 Å². The van der Waals surface area contributed by atoms with Crippen molar-refractivity contribution in [3.05, 3.63) is 28.3 Å². The Morgan fingerprint density at radius 3 is 2.88 bits per heavy atom. The zero-order chi connectivity index (χ0) is 11.4. The van der Waals surface area contributed by atoms with Crippen LogP contribution in [0.3, 0.4) is 0 Å². The molecule has 1 atom stereocenters. The molecule has 0 aliphatic heterocycles. The molecule has 0 radical (unpaired) electrons. The Labute approximate surface area is 110 Å². The fourth-order valence-electron chi connectivity index (χ4n) is 1.43. The van der Waals surface area contributed by atoms with Crippen molar-refractivity contribution in [2.45, 2.75) is 32.9 Å². The SMILES string of the molecule is CCC(NCc1cscn1)c1noc(C)n1.Cl. The highest BCUT2D eigenvalue weighted by Gasteiger charge is 2.14. The van der Waals surface area contributed by atoms with E-state index in [0.717, 1.165) is 24.5 Å². The molecule has 0 aromatic carbocycles. The molecule has 0 saturated heterocycles. The maximum absolute atomic E-state index is 4.97. The highest BCUT2D eigenvalue weighted by atomic mass is 35.5. The molecule has 2 aromatic rings. The van der Waals surface area contributed by atoms with Gasteiger partial charge < -0.3 is 9.84 Å². The largest absolute Gasteiger partial charge is 0.340 e. The van der Waals surface area contributed by atoms with E-state index in [4.69, 9.17) is 4.52 Å². The summed E-state index contributed by atoms with van der Waals surface area (Å²) in [6.45, 7) is 4.61. The lowest BCUT2D eigenvalue weighted by Gasteiger charge is -2.11. The van der Waals surface area contributed by atoms with Gasteiger partial charge in [-0.25, -0.2) is 4.98 Å². The summed E-state index contributed by atoms with van der Waals surface area (Å²) in [5.74, 6) is 1.32. The van der Waals surface area contributed by atoms with Gasteiger partial charge in [0.25, 0.3) is 0 Å². The summed E-state index contributed by atoms with van der Waals surface area (Å²) in [5.41, 5.74) is 2.87. The molecule has 0 bridgehead atoms. The Bertz CT molecular complexity index is 431. The van der Waals surface area contributed by atoms with Gasteiger partial charge in [0.1, 0.15) is 0 Å². The van der Waals surface area contributed by atoms with Crippen molar-refractivity contribution in [2.24, 2.45) is 0 Å². The van der Waals surface area contributed by atoms with E-state index in [2.05, 4.69) is 27.4 Å². The predicted molar refractivity (Wildman–Crippen MR) is 68.3 cm³/mol. The topological polar surface area (TPSA) is 63.8 Å². The molecule has 1 N–H and O–H groups in total. The van der Waals surface area contributed by atoms with E-state index in [1.807, 2.05) is 10.9 Å². The maximum Gasteiger partial charge on any atom is 0.223 e. The van der Waals surface area contributed by atoms with Gasteiger partial charge >= 0.3 is 0 Å². The lowest BCUT2D eigenvalue weighted by atomic mass is 10.2. The first-order chi connectivity index (χ1) is 7.79. The van der Waals surface area contributed by atoms with E-state index in [0.29, 0.717) is 5.89 Å².